The highest BCUT2D eigenvalue weighted by atomic mass is 16.5. The van der Waals surface area contributed by atoms with Gasteiger partial charge in [0.2, 0.25) is 5.91 Å². The number of rotatable bonds is 10. The smallest absolute Gasteiger partial charge is 0.226 e. The monoisotopic (exact) mass is 507 g/mol. The maximum absolute atomic E-state index is 13.6. The van der Waals surface area contributed by atoms with Crippen molar-refractivity contribution in [2.75, 3.05) is 0 Å². The minimum atomic E-state index is -0.563. The van der Waals surface area contributed by atoms with Crippen molar-refractivity contribution in [3.63, 3.8) is 0 Å². The van der Waals surface area contributed by atoms with Gasteiger partial charge in [0.05, 0.1) is 23.9 Å². The first-order valence-corrected chi connectivity index (χ1v) is 14.4. The molecule has 2 rings (SSSR count). The molecule has 0 radical (unpaired) electrons. The van der Waals surface area contributed by atoms with Crippen LogP contribution in [0.25, 0.3) is 0 Å². The first-order chi connectivity index (χ1) is 16.3. The molecule has 2 saturated carbocycles. The molecular formula is C31H57NO4. The van der Waals surface area contributed by atoms with Gasteiger partial charge in [-0.3, -0.25) is 9.59 Å². The third kappa shape index (κ3) is 8.28. The molecule has 210 valence electrons. The summed E-state index contributed by atoms with van der Waals surface area (Å²) in [4.78, 5) is 26.6. The summed E-state index contributed by atoms with van der Waals surface area (Å²) in [6, 6.07) is 0.0377. The molecule has 2 aliphatic rings. The van der Waals surface area contributed by atoms with Gasteiger partial charge in [-0.15, -0.1) is 0 Å². The molecule has 0 aromatic heterocycles. The lowest BCUT2D eigenvalue weighted by molar-refractivity contribution is -0.145. The molecule has 0 aliphatic heterocycles. The van der Waals surface area contributed by atoms with E-state index in [1.165, 1.54) is 0 Å². The second-order valence-electron chi connectivity index (χ2n) is 15.0. The molecule has 0 bridgehead atoms. The van der Waals surface area contributed by atoms with Crippen LogP contribution in [-0.2, 0) is 19.1 Å². The van der Waals surface area contributed by atoms with Crippen LogP contribution in [0.5, 0.6) is 0 Å². The van der Waals surface area contributed by atoms with E-state index in [-0.39, 0.29) is 46.8 Å². The van der Waals surface area contributed by atoms with Crippen LogP contribution in [0.4, 0.5) is 0 Å². The van der Waals surface area contributed by atoms with Gasteiger partial charge >= 0.3 is 0 Å². The maximum atomic E-state index is 13.6. The predicted octanol–water partition coefficient (Wildman–Crippen LogP) is 7.11. The molecule has 1 N–H and O–H groups in total. The number of ether oxygens (including phenoxy) is 2. The van der Waals surface area contributed by atoms with E-state index in [0.29, 0.717) is 18.3 Å². The van der Waals surface area contributed by atoms with E-state index in [9.17, 15) is 9.59 Å². The summed E-state index contributed by atoms with van der Waals surface area (Å²) in [6.45, 7) is 25.3. The highest BCUT2D eigenvalue weighted by Crippen LogP contribution is 2.50. The zero-order chi connectivity index (χ0) is 27.7. The Morgan fingerprint density at radius 3 is 1.89 bits per heavy atom. The Morgan fingerprint density at radius 1 is 0.861 bits per heavy atom. The van der Waals surface area contributed by atoms with Crippen molar-refractivity contribution in [3.8, 4) is 0 Å². The number of hydrogen-bond donors (Lipinski definition) is 1. The summed E-state index contributed by atoms with van der Waals surface area (Å²) in [5, 5.41) is 3.42. The van der Waals surface area contributed by atoms with Crippen molar-refractivity contribution in [3.05, 3.63) is 0 Å². The molecule has 2 atom stereocenters. The highest BCUT2D eigenvalue weighted by Gasteiger charge is 2.50. The van der Waals surface area contributed by atoms with Crippen molar-refractivity contribution >= 4 is 11.7 Å². The van der Waals surface area contributed by atoms with Crippen LogP contribution in [0.3, 0.4) is 0 Å². The minimum absolute atomic E-state index is 0.0297. The summed E-state index contributed by atoms with van der Waals surface area (Å²) in [7, 11) is 0. The molecule has 2 fully saturated rings. The van der Waals surface area contributed by atoms with Gasteiger partial charge in [0.1, 0.15) is 5.78 Å². The van der Waals surface area contributed by atoms with Crippen molar-refractivity contribution in [1.82, 2.24) is 5.32 Å². The lowest BCUT2D eigenvalue weighted by Crippen LogP contribution is -2.57. The Bertz CT molecular complexity index is 757. The van der Waals surface area contributed by atoms with Crippen LogP contribution in [0.15, 0.2) is 0 Å². The number of nitrogens with one attached hydrogen (secondary N) is 1. The molecule has 5 heteroatoms. The zero-order valence-corrected chi connectivity index (χ0v) is 25.5. The second kappa shape index (κ2) is 11.4. The van der Waals surface area contributed by atoms with Crippen LogP contribution in [-0.4, -0.2) is 41.6 Å². The molecule has 0 aromatic carbocycles. The molecule has 2 aliphatic carbocycles. The van der Waals surface area contributed by atoms with Crippen molar-refractivity contribution in [2.45, 2.75) is 158 Å². The predicted molar refractivity (Wildman–Crippen MR) is 148 cm³/mol. The Balaban J connectivity index is 1.99. The summed E-state index contributed by atoms with van der Waals surface area (Å²) >= 11 is 0. The van der Waals surface area contributed by atoms with E-state index in [1.54, 1.807) is 0 Å². The van der Waals surface area contributed by atoms with Gasteiger partial charge in [-0.2, -0.15) is 0 Å². The molecule has 0 heterocycles. The summed E-state index contributed by atoms with van der Waals surface area (Å²) in [5.74, 6) is 0.495. The Labute approximate surface area is 222 Å². The fourth-order valence-electron chi connectivity index (χ4n) is 6.69. The third-order valence-corrected chi connectivity index (χ3v) is 8.62. The van der Waals surface area contributed by atoms with Gasteiger partial charge in [-0.25, -0.2) is 0 Å². The topological polar surface area (TPSA) is 64.6 Å². The standard InChI is InChI=1S/C31H57NO4/c1-20(2)26(33)24-17-29(7,8)25(18-28(24,5)6)32-27(34)30(9,10)19-31(11,12)36-23-15-13-22(14-16-23)35-21(3)4/h20-25H,13-19H2,1-12H3,(H,32,34). The van der Waals surface area contributed by atoms with Crippen LogP contribution in [0, 0.1) is 28.1 Å². The largest absolute Gasteiger partial charge is 0.376 e. The van der Waals surface area contributed by atoms with Gasteiger partial charge in [0, 0.05) is 23.3 Å². The third-order valence-electron chi connectivity index (χ3n) is 8.62. The lowest BCUT2D eigenvalue weighted by Gasteiger charge is -2.51. The van der Waals surface area contributed by atoms with Crippen molar-refractivity contribution in [1.29, 1.82) is 0 Å². The normalized spacial score (nSPS) is 28.8. The Morgan fingerprint density at radius 2 is 1.39 bits per heavy atom. The number of amides is 1. The molecule has 5 nitrogen and oxygen atoms in total. The van der Waals surface area contributed by atoms with Crippen molar-refractivity contribution in [2.24, 2.45) is 28.1 Å². The summed E-state index contributed by atoms with van der Waals surface area (Å²) in [6.07, 6.45) is 7.19. The summed E-state index contributed by atoms with van der Waals surface area (Å²) in [5.41, 5.74) is -1.24. The Hall–Kier alpha value is -0.940. The van der Waals surface area contributed by atoms with Gasteiger partial charge in [-0.1, -0.05) is 55.4 Å². The maximum Gasteiger partial charge on any atom is 0.226 e. The lowest BCUT2D eigenvalue weighted by atomic mass is 9.56. The average molecular weight is 508 g/mol. The first-order valence-electron chi connectivity index (χ1n) is 14.4. The number of carbonyl (C=O) groups excluding carboxylic acids is 2. The van der Waals surface area contributed by atoms with E-state index in [0.717, 1.165) is 38.5 Å². The Kier molecular flexibility index (Phi) is 9.93. The van der Waals surface area contributed by atoms with Crippen LogP contribution in [0.2, 0.25) is 0 Å². The number of Topliss-reactive ketones (excluding diaryl/α,β-unsaturated/α-hetero) is 1. The minimum Gasteiger partial charge on any atom is -0.376 e. The fraction of sp³-hybridized carbons (Fsp3) is 0.935. The van der Waals surface area contributed by atoms with E-state index < -0.39 is 11.0 Å². The van der Waals surface area contributed by atoms with E-state index in [4.69, 9.17) is 9.47 Å². The van der Waals surface area contributed by atoms with E-state index in [1.807, 2.05) is 27.7 Å². The number of hydrogen-bond acceptors (Lipinski definition) is 4. The number of carbonyl (C=O) groups is 2. The van der Waals surface area contributed by atoms with Crippen LogP contribution < -0.4 is 5.32 Å². The highest BCUT2D eigenvalue weighted by molar-refractivity contribution is 5.84. The van der Waals surface area contributed by atoms with Crippen molar-refractivity contribution < 1.29 is 19.1 Å². The van der Waals surface area contributed by atoms with E-state index >= 15 is 0 Å². The second-order valence-corrected chi connectivity index (χ2v) is 15.0. The average Bonchev–Trinajstić information content (AvgIpc) is 2.69. The SMILES string of the molecule is CC(C)OC1CCC(OC(C)(C)CC(C)(C)C(=O)NC2CC(C)(C)C(C(=O)C(C)C)CC2(C)C)CC1. The molecule has 0 aromatic rings. The van der Waals surface area contributed by atoms with Crippen LogP contribution >= 0.6 is 0 Å². The molecule has 1 amide bonds. The molecule has 36 heavy (non-hydrogen) atoms. The molecular weight excluding hydrogens is 450 g/mol. The van der Waals surface area contributed by atoms with Gasteiger partial charge in [0.25, 0.3) is 0 Å². The first kappa shape index (κ1) is 31.3. The van der Waals surface area contributed by atoms with Gasteiger partial charge in [0.15, 0.2) is 0 Å². The molecule has 2 unspecified atom stereocenters. The molecule has 0 saturated heterocycles. The van der Waals surface area contributed by atoms with Gasteiger partial charge < -0.3 is 14.8 Å². The van der Waals surface area contributed by atoms with E-state index in [2.05, 4.69) is 60.7 Å². The number of ketones is 1. The van der Waals surface area contributed by atoms with Crippen LogP contribution in [0.1, 0.15) is 128 Å². The van der Waals surface area contributed by atoms with Gasteiger partial charge in [-0.05, 0) is 83.5 Å². The summed E-state index contributed by atoms with van der Waals surface area (Å²) < 4.78 is 12.6. The fourth-order valence-corrected chi connectivity index (χ4v) is 6.69. The quantitative estimate of drug-likeness (QED) is 0.342. The molecule has 0 spiro atoms. The zero-order valence-electron chi connectivity index (χ0n) is 25.5.